The van der Waals surface area contributed by atoms with E-state index in [-0.39, 0.29) is 11.7 Å². The first-order valence-corrected chi connectivity index (χ1v) is 10.6. The third-order valence-corrected chi connectivity index (χ3v) is 6.24. The average Bonchev–Trinajstić information content (AvgIpc) is 2.64. The van der Waals surface area contributed by atoms with Gasteiger partial charge in [-0.15, -0.1) is 0 Å². The molecule has 1 aromatic carbocycles. The molecule has 2 N–H and O–H groups in total. The molecule has 0 bridgehead atoms. The van der Waals surface area contributed by atoms with Crippen molar-refractivity contribution in [2.75, 3.05) is 12.3 Å². The summed E-state index contributed by atoms with van der Waals surface area (Å²) in [6.07, 6.45) is 3.40. The van der Waals surface area contributed by atoms with Crippen molar-refractivity contribution in [1.82, 2.24) is 0 Å². The van der Waals surface area contributed by atoms with Gasteiger partial charge in [0.1, 0.15) is 5.75 Å². The summed E-state index contributed by atoms with van der Waals surface area (Å²) in [6.45, 7) is 6.40. The Kier molecular flexibility index (Phi) is 6.24. The number of nitrogen functional groups attached to an aromatic ring is 1. The van der Waals surface area contributed by atoms with Crippen LogP contribution in [0.15, 0.2) is 32.9 Å². The van der Waals surface area contributed by atoms with Gasteiger partial charge in [0, 0.05) is 33.8 Å². The molecule has 0 amide bonds. The number of allylic oxidation sites excluding steroid dienone is 2. The van der Waals surface area contributed by atoms with Gasteiger partial charge in [-0.05, 0) is 66.2 Å². The van der Waals surface area contributed by atoms with Gasteiger partial charge in [-0.25, -0.2) is 0 Å². The Morgan fingerprint density at radius 3 is 2.75 bits per heavy atom. The number of carbonyl (C=O) groups is 1. The van der Waals surface area contributed by atoms with Gasteiger partial charge in [-0.1, -0.05) is 13.3 Å². The van der Waals surface area contributed by atoms with Gasteiger partial charge < -0.3 is 10.5 Å². The highest BCUT2D eigenvalue weighted by Gasteiger charge is 2.41. The van der Waals surface area contributed by atoms with Crippen LogP contribution in [0.25, 0.3) is 0 Å². The first kappa shape index (κ1) is 20.6. The van der Waals surface area contributed by atoms with Crippen molar-refractivity contribution in [2.45, 2.75) is 52.4 Å². The number of carbonyl (C=O) groups excluding carboxylic acids is 1. The predicted octanol–water partition coefficient (Wildman–Crippen LogP) is 5.16. The van der Waals surface area contributed by atoms with Crippen LogP contribution in [0.4, 0.5) is 5.69 Å². The molecule has 5 nitrogen and oxygen atoms in total. The summed E-state index contributed by atoms with van der Waals surface area (Å²) < 4.78 is 6.40. The molecule has 3 unspecified atom stereocenters. The second kappa shape index (κ2) is 8.48. The van der Waals surface area contributed by atoms with E-state index in [2.05, 4.69) is 28.9 Å². The number of ketones is 1. The quantitative estimate of drug-likeness (QED) is 0.636. The Labute approximate surface area is 174 Å². The van der Waals surface area contributed by atoms with Crippen molar-refractivity contribution < 1.29 is 9.53 Å². The zero-order valence-corrected chi connectivity index (χ0v) is 18.2. The van der Waals surface area contributed by atoms with Crippen LogP contribution in [0.2, 0.25) is 0 Å². The van der Waals surface area contributed by atoms with Crippen molar-refractivity contribution in [2.24, 2.45) is 16.8 Å². The second-order valence-corrected chi connectivity index (χ2v) is 8.39. The number of Topliss-reactive ketones (excluding diaryl/α,β-unsaturated/α-hetero) is 1. The first-order valence-electron chi connectivity index (χ1n) is 9.83. The van der Waals surface area contributed by atoms with Crippen LogP contribution in [-0.4, -0.2) is 18.1 Å². The molecular weight excluding hydrogens is 418 g/mol. The van der Waals surface area contributed by atoms with Gasteiger partial charge in [0.25, 0.3) is 0 Å². The minimum Gasteiger partial charge on any atom is -0.492 e. The lowest BCUT2D eigenvalue weighted by atomic mass is 9.70. The molecule has 0 saturated heterocycles. The molecule has 0 radical (unpaired) electrons. The Hall–Kier alpha value is -2.13. The van der Waals surface area contributed by atoms with E-state index in [4.69, 9.17) is 15.5 Å². The van der Waals surface area contributed by atoms with Gasteiger partial charge in [0.05, 0.1) is 24.3 Å². The zero-order chi connectivity index (χ0) is 20.4. The van der Waals surface area contributed by atoms with Gasteiger partial charge in [-0.2, -0.15) is 5.26 Å². The fourth-order valence-electron chi connectivity index (χ4n) is 4.34. The molecule has 0 spiro atoms. The molecule has 1 aromatic rings. The number of hydrogen-bond donors (Lipinski definition) is 1. The van der Waals surface area contributed by atoms with E-state index in [1.807, 2.05) is 26.0 Å². The highest BCUT2D eigenvalue weighted by molar-refractivity contribution is 9.10. The Morgan fingerprint density at radius 2 is 2.11 bits per heavy atom. The van der Waals surface area contributed by atoms with Gasteiger partial charge in [0.2, 0.25) is 0 Å². The van der Waals surface area contributed by atoms with Crippen molar-refractivity contribution >= 4 is 33.1 Å². The fourth-order valence-corrected chi connectivity index (χ4v) is 4.80. The summed E-state index contributed by atoms with van der Waals surface area (Å²) in [5.41, 5.74) is 9.83. The van der Waals surface area contributed by atoms with Crippen LogP contribution in [0.3, 0.4) is 0 Å². The number of aliphatic imine (C=N–C) groups is 1. The molecule has 2 aliphatic rings. The van der Waals surface area contributed by atoms with Gasteiger partial charge >= 0.3 is 0 Å². The minimum atomic E-state index is -0.476. The number of halogens is 1. The van der Waals surface area contributed by atoms with Crippen LogP contribution in [0.5, 0.6) is 5.75 Å². The molecule has 28 heavy (non-hydrogen) atoms. The Bertz CT molecular complexity index is 898. The Morgan fingerprint density at radius 1 is 1.36 bits per heavy atom. The highest BCUT2D eigenvalue weighted by Crippen LogP contribution is 2.47. The second-order valence-electron chi connectivity index (χ2n) is 7.53. The Balaban J connectivity index is 2.14. The van der Waals surface area contributed by atoms with Gasteiger partial charge in [0.15, 0.2) is 5.78 Å². The largest absolute Gasteiger partial charge is 0.492 e. The number of hydrogen-bond acceptors (Lipinski definition) is 5. The van der Waals surface area contributed by atoms with Crippen molar-refractivity contribution in [3.63, 3.8) is 0 Å². The summed E-state index contributed by atoms with van der Waals surface area (Å²) in [7, 11) is 0. The van der Waals surface area contributed by atoms with E-state index < -0.39 is 5.92 Å². The van der Waals surface area contributed by atoms with Crippen LogP contribution in [0, 0.1) is 23.2 Å². The number of ether oxygens (including phenoxy) is 1. The lowest BCUT2D eigenvalue weighted by molar-refractivity contribution is -0.117. The summed E-state index contributed by atoms with van der Waals surface area (Å²) in [5, 5.41) is 9.87. The maximum Gasteiger partial charge on any atom is 0.161 e. The summed E-state index contributed by atoms with van der Waals surface area (Å²) in [5.74, 6) is 0.202. The lowest BCUT2D eigenvalue weighted by Crippen LogP contribution is -2.32. The molecule has 148 valence electrons. The SMILES string of the molecule is CCCC1CC(=O)C2=C(C1)N=C(C)C(C#N)C2c1cc(Br)c(N)c(OCC)c1. The summed E-state index contributed by atoms with van der Waals surface area (Å²) in [6, 6.07) is 6.15. The standard InChI is InChI=1S/C22H26BrN3O2/c1-4-6-13-7-17-21(18(27)8-13)20(15(11-24)12(3)26-17)14-9-16(23)22(25)19(10-14)28-5-2/h9-10,13,15,20H,4-8,25H2,1-3H3. The predicted molar refractivity (Wildman–Crippen MR) is 114 cm³/mol. The first-order chi connectivity index (χ1) is 13.4. The summed E-state index contributed by atoms with van der Waals surface area (Å²) >= 11 is 3.50. The lowest BCUT2D eigenvalue weighted by Gasteiger charge is -2.35. The maximum absolute atomic E-state index is 13.1. The normalized spacial score (nSPS) is 24.5. The topological polar surface area (TPSA) is 88.5 Å². The van der Waals surface area contributed by atoms with Crippen molar-refractivity contribution in [3.8, 4) is 11.8 Å². The van der Waals surface area contributed by atoms with Gasteiger partial charge in [-0.3, -0.25) is 9.79 Å². The van der Waals surface area contributed by atoms with Crippen molar-refractivity contribution in [3.05, 3.63) is 33.4 Å². The molecule has 0 fully saturated rings. The molecule has 6 heteroatoms. The van der Waals surface area contributed by atoms with Crippen molar-refractivity contribution in [1.29, 1.82) is 5.26 Å². The number of nitriles is 1. The van der Waals surface area contributed by atoms with Crippen LogP contribution in [-0.2, 0) is 4.79 Å². The van der Waals surface area contributed by atoms with E-state index in [1.165, 1.54) is 0 Å². The molecule has 1 aliphatic carbocycles. The molecule has 1 aliphatic heterocycles. The average molecular weight is 444 g/mol. The minimum absolute atomic E-state index is 0.118. The molecule has 0 aromatic heterocycles. The van der Waals surface area contributed by atoms with E-state index in [0.29, 0.717) is 40.4 Å². The van der Waals surface area contributed by atoms with E-state index in [1.54, 1.807) is 0 Å². The monoisotopic (exact) mass is 443 g/mol. The number of nitrogens with zero attached hydrogens (tertiary/aromatic N) is 2. The number of anilines is 1. The third-order valence-electron chi connectivity index (χ3n) is 5.58. The molecular formula is C22H26BrN3O2. The zero-order valence-electron chi connectivity index (χ0n) is 16.6. The van der Waals surface area contributed by atoms with E-state index in [0.717, 1.165) is 36.2 Å². The van der Waals surface area contributed by atoms with Crippen LogP contribution >= 0.6 is 15.9 Å². The molecule has 3 atom stereocenters. The molecule has 3 rings (SSSR count). The molecule has 1 heterocycles. The smallest absolute Gasteiger partial charge is 0.161 e. The summed E-state index contributed by atoms with van der Waals surface area (Å²) in [4.78, 5) is 17.8. The number of benzene rings is 1. The fraction of sp³-hybridized carbons (Fsp3) is 0.500. The number of nitrogens with two attached hydrogens (primary N) is 1. The number of rotatable bonds is 5. The van der Waals surface area contributed by atoms with Crippen LogP contribution < -0.4 is 10.5 Å². The van der Waals surface area contributed by atoms with Crippen LogP contribution in [0.1, 0.15) is 57.9 Å². The highest BCUT2D eigenvalue weighted by atomic mass is 79.9. The third kappa shape index (κ3) is 3.73. The van der Waals surface area contributed by atoms with E-state index >= 15 is 0 Å². The van der Waals surface area contributed by atoms with E-state index in [9.17, 15) is 10.1 Å². The maximum atomic E-state index is 13.1. The molecule has 0 saturated carbocycles.